The van der Waals surface area contributed by atoms with Gasteiger partial charge in [-0.1, -0.05) is 60.2 Å². The Morgan fingerprint density at radius 3 is 2.32 bits per heavy atom. The van der Waals surface area contributed by atoms with Crippen LogP contribution in [-0.4, -0.2) is 30.6 Å². The van der Waals surface area contributed by atoms with Crippen LogP contribution in [-0.2, 0) is 10.4 Å². The average molecular weight is 336 g/mol. The summed E-state index contributed by atoms with van der Waals surface area (Å²) in [6, 6.07) is 16.7. The number of rotatable bonds is 5. The highest BCUT2D eigenvalue weighted by atomic mass is 16.3. The molecule has 1 unspecified atom stereocenters. The van der Waals surface area contributed by atoms with Gasteiger partial charge in [-0.05, 0) is 48.9 Å². The van der Waals surface area contributed by atoms with Crippen LogP contribution in [0.1, 0.15) is 16.7 Å². The summed E-state index contributed by atoms with van der Waals surface area (Å²) in [5.41, 5.74) is 0.614. The molecule has 4 nitrogen and oxygen atoms in total. The fraction of sp³-hybridized carbons (Fsp3) is 0.381. The van der Waals surface area contributed by atoms with Crippen molar-refractivity contribution in [3.05, 3.63) is 71.3 Å². The fourth-order valence-electron chi connectivity index (χ4n) is 4.09. The molecule has 1 heterocycles. The number of carbonyl (C=O) groups is 1. The smallest absolute Gasteiger partial charge is 0.261 e. The van der Waals surface area contributed by atoms with E-state index in [0.29, 0.717) is 35.4 Å². The van der Waals surface area contributed by atoms with E-state index in [4.69, 9.17) is 0 Å². The van der Waals surface area contributed by atoms with Crippen LogP contribution in [0.15, 0.2) is 54.6 Å². The molecular formula is C21H24N2O2. The molecule has 4 atom stereocenters. The van der Waals surface area contributed by atoms with Gasteiger partial charge in [0.05, 0.1) is 0 Å². The molecule has 0 spiro atoms. The lowest BCUT2D eigenvalue weighted by Gasteiger charge is -2.28. The van der Waals surface area contributed by atoms with Crippen molar-refractivity contribution in [2.75, 3.05) is 19.6 Å². The summed E-state index contributed by atoms with van der Waals surface area (Å²) in [7, 11) is 0. The molecule has 130 valence electrons. The minimum Gasteiger partial charge on any atom is -0.372 e. The Bertz CT molecular complexity index is 749. The van der Waals surface area contributed by atoms with Gasteiger partial charge in [0.1, 0.15) is 0 Å². The number of fused-ring (bicyclic) bond motifs is 1. The molecule has 1 aliphatic carbocycles. The number of carbonyl (C=O) groups excluding carboxylic acids is 1. The monoisotopic (exact) mass is 336 g/mol. The van der Waals surface area contributed by atoms with E-state index in [9.17, 15) is 9.90 Å². The molecule has 3 N–H and O–H groups in total. The Morgan fingerprint density at radius 2 is 1.68 bits per heavy atom. The molecule has 1 saturated heterocycles. The Kier molecular flexibility index (Phi) is 4.10. The van der Waals surface area contributed by atoms with Gasteiger partial charge in [-0.15, -0.1) is 0 Å². The van der Waals surface area contributed by atoms with Gasteiger partial charge < -0.3 is 15.7 Å². The normalized spacial score (nSPS) is 26.6. The van der Waals surface area contributed by atoms with Crippen LogP contribution in [0.5, 0.6) is 0 Å². The van der Waals surface area contributed by atoms with E-state index in [0.717, 1.165) is 18.7 Å². The SMILES string of the molecule is Cc1ccc([C@@](O)(C(=O)NCC2[C@H]3CNC[C@@H]23)c2ccccc2)cc1. The van der Waals surface area contributed by atoms with Crippen molar-refractivity contribution >= 4 is 5.91 Å². The van der Waals surface area contributed by atoms with Crippen LogP contribution in [0.25, 0.3) is 0 Å². The van der Waals surface area contributed by atoms with Crippen LogP contribution in [0.3, 0.4) is 0 Å². The van der Waals surface area contributed by atoms with Crippen molar-refractivity contribution in [2.45, 2.75) is 12.5 Å². The highest BCUT2D eigenvalue weighted by Crippen LogP contribution is 2.48. The van der Waals surface area contributed by atoms with Crippen LogP contribution in [0, 0.1) is 24.7 Å². The van der Waals surface area contributed by atoms with Crippen molar-refractivity contribution < 1.29 is 9.90 Å². The number of piperidine rings is 1. The standard InChI is InChI=1S/C21H24N2O2/c1-14-7-9-16(10-8-14)21(25,15-5-3-2-4-6-15)20(24)23-13-19-17-11-22-12-18(17)19/h2-10,17-19,22,25H,11-13H2,1H3,(H,23,24)/t17-,18+,19?,21-/m1/s1. The lowest BCUT2D eigenvalue weighted by molar-refractivity contribution is -0.136. The summed E-state index contributed by atoms with van der Waals surface area (Å²) in [6.45, 7) is 4.72. The minimum atomic E-state index is -1.67. The zero-order valence-electron chi connectivity index (χ0n) is 14.4. The zero-order chi connectivity index (χ0) is 17.4. The number of benzene rings is 2. The quantitative estimate of drug-likeness (QED) is 0.780. The molecule has 2 fully saturated rings. The average Bonchev–Trinajstić information content (AvgIpc) is 3.07. The fourth-order valence-corrected chi connectivity index (χ4v) is 4.09. The molecule has 1 amide bonds. The van der Waals surface area contributed by atoms with E-state index in [1.807, 2.05) is 49.4 Å². The van der Waals surface area contributed by atoms with Crippen LogP contribution in [0.2, 0.25) is 0 Å². The predicted octanol–water partition coefficient (Wildman–Crippen LogP) is 1.81. The number of nitrogens with one attached hydrogen (secondary N) is 2. The maximum atomic E-state index is 13.0. The summed E-state index contributed by atoms with van der Waals surface area (Å²) in [4.78, 5) is 13.0. The molecule has 25 heavy (non-hydrogen) atoms. The number of aliphatic hydroxyl groups is 1. The van der Waals surface area contributed by atoms with E-state index in [1.54, 1.807) is 12.1 Å². The highest BCUT2D eigenvalue weighted by molar-refractivity contribution is 5.90. The Morgan fingerprint density at radius 1 is 1.08 bits per heavy atom. The number of aryl methyl sites for hydroxylation is 1. The molecule has 0 bridgehead atoms. The molecule has 4 heteroatoms. The first-order valence-corrected chi connectivity index (χ1v) is 8.95. The molecule has 1 saturated carbocycles. The van der Waals surface area contributed by atoms with Crippen molar-refractivity contribution in [3.63, 3.8) is 0 Å². The van der Waals surface area contributed by atoms with Gasteiger partial charge in [0.2, 0.25) is 0 Å². The van der Waals surface area contributed by atoms with Gasteiger partial charge >= 0.3 is 0 Å². The topological polar surface area (TPSA) is 61.4 Å². The van der Waals surface area contributed by atoms with Crippen LogP contribution in [0.4, 0.5) is 0 Å². The molecule has 1 aliphatic heterocycles. The maximum absolute atomic E-state index is 13.0. The second kappa shape index (κ2) is 6.28. The van der Waals surface area contributed by atoms with Gasteiger partial charge in [0.25, 0.3) is 5.91 Å². The third kappa shape index (κ3) is 2.86. The first kappa shape index (κ1) is 16.3. The molecule has 2 aromatic rings. The summed E-state index contributed by atoms with van der Waals surface area (Å²) < 4.78 is 0. The van der Waals surface area contributed by atoms with Crippen LogP contribution < -0.4 is 10.6 Å². The summed E-state index contributed by atoms with van der Waals surface area (Å²) in [5, 5.41) is 17.8. The van der Waals surface area contributed by atoms with Gasteiger partial charge in [-0.25, -0.2) is 0 Å². The first-order chi connectivity index (χ1) is 12.1. The Hall–Kier alpha value is -2.17. The second-order valence-corrected chi connectivity index (χ2v) is 7.30. The molecule has 2 aliphatic rings. The molecule has 0 radical (unpaired) electrons. The number of hydrogen-bond donors (Lipinski definition) is 3. The van der Waals surface area contributed by atoms with Gasteiger partial charge in [0, 0.05) is 6.54 Å². The van der Waals surface area contributed by atoms with Gasteiger partial charge in [-0.2, -0.15) is 0 Å². The van der Waals surface area contributed by atoms with E-state index in [2.05, 4.69) is 10.6 Å². The van der Waals surface area contributed by atoms with Gasteiger partial charge in [0.15, 0.2) is 5.60 Å². The second-order valence-electron chi connectivity index (χ2n) is 7.30. The van der Waals surface area contributed by atoms with Crippen molar-refractivity contribution in [2.24, 2.45) is 17.8 Å². The third-order valence-electron chi connectivity index (χ3n) is 5.76. The summed E-state index contributed by atoms with van der Waals surface area (Å²) >= 11 is 0. The Balaban J connectivity index is 1.58. The van der Waals surface area contributed by atoms with E-state index in [-0.39, 0.29) is 5.91 Å². The predicted molar refractivity (Wildman–Crippen MR) is 97.0 cm³/mol. The largest absolute Gasteiger partial charge is 0.372 e. The molecule has 0 aromatic heterocycles. The summed E-state index contributed by atoms with van der Waals surface area (Å²) in [6.07, 6.45) is 0. The number of hydrogen-bond acceptors (Lipinski definition) is 3. The van der Waals surface area contributed by atoms with E-state index >= 15 is 0 Å². The lowest BCUT2D eigenvalue weighted by Crippen LogP contribution is -2.46. The minimum absolute atomic E-state index is 0.347. The Labute approximate surface area is 148 Å². The summed E-state index contributed by atoms with van der Waals surface area (Å²) in [5.74, 6) is 1.57. The lowest BCUT2D eigenvalue weighted by atomic mass is 9.85. The maximum Gasteiger partial charge on any atom is 0.261 e. The zero-order valence-corrected chi connectivity index (χ0v) is 14.4. The van der Waals surface area contributed by atoms with E-state index < -0.39 is 5.60 Å². The van der Waals surface area contributed by atoms with E-state index in [1.165, 1.54) is 0 Å². The molecular weight excluding hydrogens is 312 g/mol. The van der Waals surface area contributed by atoms with Gasteiger partial charge in [-0.3, -0.25) is 4.79 Å². The molecule has 2 aromatic carbocycles. The highest BCUT2D eigenvalue weighted by Gasteiger charge is 2.53. The number of amides is 1. The third-order valence-corrected chi connectivity index (χ3v) is 5.76. The van der Waals surface area contributed by atoms with Crippen molar-refractivity contribution in [1.82, 2.24) is 10.6 Å². The van der Waals surface area contributed by atoms with Crippen molar-refractivity contribution in [1.29, 1.82) is 0 Å². The molecule has 4 rings (SSSR count). The van der Waals surface area contributed by atoms with Crippen molar-refractivity contribution in [3.8, 4) is 0 Å². The van der Waals surface area contributed by atoms with Crippen LogP contribution >= 0.6 is 0 Å². The first-order valence-electron chi connectivity index (χ1n) is 8.95.